The summed E-state index contributed by atoms with van der Waals surface area (Å²) in [6, 6.07) is 7.54. The molecule has 3 nitrogen and oxygen atoms in total. The van der Waals surface area contributed by atoms with Gasteiger partial charge in [0.1, 0.15) is 11.8 Å². The number of rotatable bonds is 10. The zero-order valence-electron chi connectivity index (χ0n) is 23.7. The van der Waals surface area contributed by atoms with Gasteiger partial charge in [-0.3, -0.25) is 4.98 Å². The maximum Gasteiger partial charge on any atom is 0.403 e. The molecule has 0 amide bonds. The summed E-state index contributed by atoms with van der Waals surface area (Å²) in [7, 11) is 0. The number of alkyl halides is 5. The van der Waals surface area contributed by atoms with E-state index in [-0.39, 0.29) is 18.2 Å². The maximum absolute atomic E-state index is 13.1. The molecular weight excluding hydrogens is 523 g/mol. The van der Waals surface area contributed by atoms with Gasteiger partial charge in [-0.15, -0.1) is 0 Å². The predicted molar refractivity (Wildman–Crippen MR) is 149 cm³/mol. The van der Waals surface area contributed by atoms with E-state index in [9.17, 15) is 22.0 Å². The first kappa shape index (κ1) is 30.5. The van der Waals surface area contributed by atoms with Crippen LogP contribution in [-0.2, 0) is 6.54 Å². The molecule has 2 aliphatic carbocycles. The van der Waals surface area contributed by atoms with Gasteiger partial charge in [0.25, 0.3) is 0 Å². The Morgan fingerprint density at radius 3 is 2.45 bits per heavy atom. The molecule has 0 spiro atoms. The van der Waals surface area contributed by atoms with E-state index < -0.39 is 18.8 Å². The molecule has 1 heterocycles. The van der Waals surface area contributed by atoms with Gasteiger partial charge in [-0.05, 0) is 90.0 Å². The third-order valence-corrected chi connectivity index (χ3v) is 8.78. The molecule has 1 N–H and O–H groups in total. The molecule has 4 rings (SSSR count). The van der Waals surface area contributed by atoms with Crippen molar-refractivity contribution >= 4 is 11.1 Å². The van der Waals surface area contributed by atoms with Crippen LogP contribution in [0.15, 0.2) is 36.5 Å². The fourth-order valence-electron chi connectivity index (χ4n) is 6.43. The summed E-state index contributed by atoms with van der Waals surface area (Å²) in [6.45, 7) is 2.67. The third-order valence-electron chi connectivity index (χ3n) is 8.78. The van der Waals surface area contributed by atoms with Crippen molar-refractivity contribution in [2.45, 2.75) is 110 Å². The molecule has 2 aromatic rings. The largest absolute Gasteiger partial charge is 0.435 e. The van der Waals surface area contributed by atoms with Crippen molar-refractivity contribution in [1.82, 2.24) is 10.3 Å². The molecule has 0 bridgehead atoms. The van der Waals surface area contributed by atoms with Gasteiger partial charge < -0.3 is 10.1 Å². The van der Waals surface area contributed by atoms with Crippen molar-refractivity contribution in [2.24, 2.45) is 11.8 Å². The third kappa shape index (κ3) is 7.42. The summed E-state index contributed by atoms with van der Waals surface area (Å²) in [5.41, 5.74) is 6.01. The summed E-state index contributed by atoms with van der Waals surface area (Å²) in [6.07, 6.45) is 6.99. The quantitative estimate of drug-likeness (QED) is 0.292. The highest BCUT2D eigenvalue weighted by Crippen LogP contribution is 2.50. The molecule has 1 saturated carbocycles. The van der Waals surface area contributed by atoms with Crippen LogP contribution in [0.25, 0.3) is 11.1 Å². The van der Waals surface area contributed by atoms with Crippen LogP contribution in [0.4, 0.5) is 22.0 Å². The Morgan fingerprint density at radius 2 is 1.82 bits per heavy atom. The van der Waals surface area contributed by atoms with Crippen molar-refractivity contribution in [2.75, 3.05) is 0 Å². The highest BCUT2D eigenvalue weighted by Gasteiger charge is 2.36. The SMILES string of the molecule is CCCCC1=C(c2ccc(CNC(C)C(F)(F)F)cn2)CC(C2CCCCC2)C(C)c2cc(OC(F)F)ccc21. The van der Waals surface area contributed by atoms with E-state index in [0.717, 1.165) is 62.3 Å². The summed E-state index contributed by atoms with van der Waals surface area (Å²) in [4.78, 5) is 4.77. The lowest BCUT2D eigenvalue weighted by Crippen LogP contribution is -2.39. The minimum atomic E-state index is -4.30. The van der Waals surface area contributed by atoms with Gasteiger partial charge in [-0.25, -0.2) is 0 Å². The Bertz CT molecular complexity index is 1140. The van der Waals surface area contributed by atoms with E-state index in [1.807, 2.05) is 18.2 Å². The molecule has 40 heavy (non-hydrogen) atoms. The van der Waals surface area contributed by atoms with E-state index in [1.54, 1.807) is 18.3 Å². The van der Waals surface area contributed by atoms with Crippen LogP contribution in [0.5, 0.6) is 5.75 Å². The highest BCUT2D eigenvalue weighted by atomic mass is 19.4. The van der Waals surface area contributed by atoms with Gasteiger partial charge in [0.15, 0.2) is 0 Å². The van der Waals surface area contributed by atoms with Crippen molar-refractivity contribution in [1.29, 1.82) is 0 Å². The number of hydrogen-bond donors (Lipinski definition) is 1. The maximum atomic E-state index is 13.1. The van der Waals surface area contributed by atoms with Crippen LogP contribution < -0.4 is 10.1 Å². The smallest absolute Gasteiger partial charge is 0.403 e. The Balaban J connectivity index is 1.75. The van der Waals surface area contributed by atoms with Crippen LogP contribution >= 0.6 is 0 Å². The summed E-state index contributed by atoms with van der Waals surface area (Å²) in [5, 5.41) is 2.53. The van der Waals surface area contributed by atoms with Gasteiger partial charge in [0, 0.05) is 12.7 Å². The molecule has 3 atom stereocenters. The fraction of sp³-hybridized carbons (Fsp3) is 0.594. The predicted octanol–water partition coefficient (Wildman–Crippen LogP) is 9.53. The summed E-state index contributed by atoms with van der Waals surface area (Å²) < 4.78 is 69.9. The first-order valence-electron chi connectivity index (χ1n) is 14.6. The van der Waals surface area contributed by atoms with Crippen LogP contribution in [0.3, 0.4) is 0 Å². The molecule has 8 heteroatoms. The van der Waals surface area contributed by atoms with Crippen LogP contribution in [-0.4, -0.2) is 23.8 Å². The Labute approximate surface area is 234 Å². The van der Waals surface area contributed by atoms with E-state index in [1.165, 1.54) is 30.4 Å². The molecule has 1 aromatic carbocycles. The Kier molecular flexibility index (Phi) is 10.3. The Hall–Kier alpha value is -2.48. The van der Waals surface area contributed by atoms with Gasteiger partial charge >= 0.3 is 12.8 Å². The van der Waals surface area contributed by atoms with Gasteiger partial charge in [0.2, 0.25) is 0 Å². The number of hydrogen-bond acceptors (Lipinski definition) is 3. The molecular formula is C32H41F5N2O. The number of unbranched alkanes of at least 4 members (excludes halogenated alkanes) is 1. The fourth-order valence-corrected chi connectivity index (χ4v) is 6.43. The lowest BCUT2D eigenvalue weighted by Gasteiger charge is -2.34. The Morgan fingerprint density at radius 1 is 1.07 bits per heavy atom. The van der Waals surface area contributed by atoms with E-state index in [4.69, 9.17) is 9.72 Å². The number of aromatic nitrogens is 1. The molecule has 3 unspecified atom stereocenters. The first-order chi connectivity index (χ1) is 19.1. The zero-order valence-corrected chi connectivity index (χ0v) is 23.7. The van der Waals surface area contributed by atoms with Crippen molar-refractivity contribution < 1.29 is 26.7 Å². The van der Waals surface area contributed by atoms with Crippen LogP contribution in [0.2, 0.25) is 0 Å². The van der Waals surface area contributed by atoms with Crippen molar-refractivity contribution in [3.63, 3.8) is 0 Å². The van der Waals surface area contributed by atoms with E-state index >= 15 is 0 Å². The van der Waals surface area contributed by atoms with Crippen molar-refractivity contribution in [3.05, 3.63) is 58.9 Å². The zero-order chi connectivity index (χ0) is 28.9. The summed E-state index contributed by atoms with van der Waals surface area (Å²) >= 11 is 0. The van der Waals surface area contributed by atoms with Crippen LogP contribution in [0.1, 0.15) is 107 Å². The minimum Gasteiger partial charge on any atom is -0.435 e. The molecule has 1 fully saturated rings. The van der Waals surface area contributed by atoms with Gasteiger partial charge in [-0.1, -0.05) is 64.5 Å². The number of nitrogens with one attached hydrogen (secondary N) is 1. The number of benzene rings is 1. The number of halogens is 5. The lowest BCUT2D eigenvalue weighted by molar-refractivity contribution is -0.151. The van der Waals surface area contributed by atoms with Crippen molar-refractivity contribution in [3.8, 4) is 5.75 Å². The molecule has 0 saturated heterocycles. The molecule has 1 aromatic heterocycles. The molecule has 220 valence electrons. The number of ether oxygens (including phenoxy) is 1. The first-order valence-corrected chi connectivity index (χ1v) is 14.6. The minimum absolute atomic E-state index is 0.0766. The monoisotopic (exact) mass is 564 g/mol. The second-order valence-electron chi connectivity index (χ2n) is 11.4. The summed E-state index contributed by atoms with van der Waals surface area (Å²) in [5.74, 6) is 1.19. The second kappa shape index (κ2) is 13.5. The average Bonchev–Trinajstić information content (AvgIpc) is 3.04. The number of nitrogens with zero attached hydrogens (tertiary/aromatic N) is 1. The van der Waals surface area contributed by atoms with E-state index in [0.29, 0.717) is 17.4 Å². The second-order valence-corrected chi connectivity index (χ2v) is 11.4. The number of pyridine rings is 1. The molecule has 0 radical (unpaired) electrons. The number of allylic oxidation sites excluding steroid dienone is 2. The van der Waals surface area contributed by atoms with E-state index in [2.05, 4.69) is 19.2 Å². The highest BCUT2D eigenvalue weighted by molar-refractivity contribution is 5.92. The van der Waals surface area contributed by atoms with Crippen LogP contribution in [0, 0.1) is 11.8 Å². The molecule has 0 aliphatic heterocycles. The normalized spacial score (nSPS) is 21.3. The van der Waals surface area contributed by atoms with Gasteiger partial charge in [0.05, 0.1) is 5.69 Å². The van der Waals surface area contributed by atoms with Gasteiger partial charge in [-0.2, -0.15) is 22.0 Å². The average molecular weight is 565 g/mol. The molecule has 2 aliphatic rings. The lowest BCUT2D eigenvalue weighted by atomic mass is 9.70. The standard InChI is InChI=1S/C32H41F5N2O/c1-4-5-11-25-26-14-13-24(40-31(33)34)16-28(26)20(2)27(23-9-7-6-8-10-23)17-29(25)30-15-12-22(19-39-30)18-38-21(3)32(35,36)37/h12-16,19-21,23,27,31,38H,4-11,17-18H2,1-3H3. The topological polar surface area (TPSA) is 34.2 Å². The number of fused-ring (bicyclic) bond motifs is 1.